The number of hydrogen-bond acceptors (Lipinski definition) is 2. The molecular weight excluding hydrogens is 164 g/mol. The van der Waals surface area contributed by atoms with Gasteiger partial charge in [-0.15, -0.1) is 0 Å². The second-order valence-electron chi connectivity index (χ2n) is 4.39. The number of carbonyl (C=O) groups is 1. The van der Waals surface area contributed by atoms with Gasteiger partial charge in [-0.25, -0.2) is 0 Å². The molecule has 0 aromatic heterocycles. The smallest absolute Gasteiger partial charge is 0.198 e. The Hall–Kier alpha value is -0.790. The van der Waals surface area contributed by atoms with Crippen LogP contribution in [0.3, 0.4) is 0 Å². The van der Waals surface area contributed by atoms with Crippen LogP contribution in [0.1, 0.15) is 26.7 Å². The molecule has 3 saturated carbocycles. The fourth-order valence-corrected chi connectivity index (χ4v) is 1.98. The van der Waals surface area contributed by atoms with Crippen molar-refractivity contribution in [1.82, 2.24) is 0 Å². The summed E-state index contributed by atoms with van der Waals surface area (Å²) < 4.78 is 4.66. The molecule has 4 aliphatic rings. The van der Waals surface area contributed by atoms with Gasteiger partial charge in [0.1, 0.15) is 6.61 Å². The molecule has 0 amide bonds. The van der Waals surface area contributed by atoms with Crippen LogP contribution in [0.25, 0.3) is 0 Å². The Balaban J connectivity index is 0.000000101. The lowest BCUT2D eigenvalue weighted by atomic mass is 9.49. The lowest BCUT2D eigenvalue weighted by Gasteiger charge is -2.56. The molecule has 3 fully saturated rings. The van der Waals surface area contributed by atoms with Gasteiger partial charge in [0.25, 0.3) is 0 Å². The largest absolute Gasteiger partial charge is 0.493 e. The number of hydrogen-bond donors (Lipinski definition) is 0. The molecule has 72 valence electrons. The Morgan fingerprint density at radius 1 is 1.38 bits per heavy atom. The predicted molar refractivity (Wildman–Crippen MR) is 50.1 cm³/mol. The summed E-state index contributed by atoms with van der Waals surface area (Å²) >= 11 is 0. The molecule has 0 aromatic rings. The van der Waals surface area contributed by atoms with Crippen molar-refractivity contribution in [2.24, 2.45) is 17.8 Å². The van der Waals surface area contributed by atoms with Crippen molar-refractivity contribution in [1.29, 1.82) is 0 Å². The highest BCUT2D eigenvalue weighted by molar-refractivity contribution is 5.97. The van der Waals surface area contributed by atoms with Gasteiger partial charge in [-0.2, -0.15) is 0 Å². The Kier molecular flexibility index (Phi) is 2.14. The topological polar surface area (TPSA) is 26.3 Å². The lowest BCUT2D eigenvalue weighted by Crippen LogP contribution is -2.48. The second-order valence-corrected chi connectivity index (χ2v) is 4.39. The van der Waals surface area contributed by atoms with E-state index in [9.17, 15) is 4.79 Å². The van der Waals surface area contributed by atoms with E-state index in [0.717, 1.165) is 11.5 Å². The normalized spacial score (nSPS) is 39.1. The van der Waals surface area contributed by atoms with Gasteiger partial charge < -0.3 is 4.74 Å². The van der Waals surface area contributed by atoms with Gasteiger partial charge in [0.15, 0.2) is 5.78 Å². The van der Waals surface area contributed by atoms with Crippen LogP contribution < -0.4 is 0 Å². The number of Topliss-reactive ketones (excluding diaryl/α,β-unsaturated/α-hetero) is 1. The van der Waals surface area contributed by atoms with Gasteiger partial charge in [-0.3, -0.25) is 4.79 Å². The van der Waals surface area contributed by atoms with Crippen LogP contribution in [0.2, 0.25) is 0 Å². The Morgan fingerprint density at radius 2 is 1.92 bits per heavy atom. The number of rotatable bonds is 0. The van der Waals surface area contributed by atoms with Crippen molar-refractivity contribution >= 4 is 5.78 Å². The van der Waals surface area contributed by atoms with E-state index in [0.29, 0.717) is 0 Å². The molecule has 3 aliphatic carbocycles. The van der Waals surface area contributed by atoms with Crippen LogP contribution in [0.5, 0.6) is 0 Å². The Labute approximate surface area is 79.0 Å². The van der Waals surface area contributed by atoms with E-state index in [4.69, 9.17) is 0 Å². The van der Waals surface area contributed by atoms with Crippen molar-refractivity contribution in [3.8, 4) is 0 Å². The third kappa shape index (κ3) is 1.50. The quantitative estimate of drug-likeness (QED) is 0.571. The molecule has 0 spiro atoms. The first-order valence-corrected chi connectivity index (χ1v) is 5.00. The van der Waals surface area contributed by atoms with Crippen LogP contribution in [0, 0.1) is 17.8 Å². The maximum absolute atomic E-state index is 10.4. The van der Waals surface area contributed by atoms with E-state index >= 15 is 0 Å². The van der Waals surface area contributed by atoms with Crippen LogP contribution in [0.15, 0.2) is 11.8 Å². The van der Waals surface area contributed by atoms with E-state index < -0.39 is 0 Å². The summed E-state index contributed by atoms with van der Waals surface area (Å²) in [6, 6.07) is 0. The zero-order valence-electron chi connectivity index (χ0n) is 8.25. The van der Waals surface area contributed by atoms with Crippen molar-refractivity contribution in [3.05, 3.63) is 11.8 Å². The van der Waals surface area contributed by atoms with Crippen molar-refractivity contribution in [2.75, 3.05) is 6.61 Å². The van der Waals surface area contributed by atoms with Gasteiger partial charge >= 0.3 is 0 Å². The maximum atomic E-state index is 10.4. The summed E-state index contributed by atoms with van der Waals surface area (Å²) in [4.78, 5) is 10.4. The van der Waals surface area contributed by atoms with Crippen molar-refractivity contribution in [3.63, 3.8) is 0 Å². The minimum atomic E-state index is 0.0972. The van der Waals surface area contributed by atoms with Gasteiger partial charge in [0, 0.05) is 5.57 Å². The summed E-state index contributed by atoms with van der Waals surface area (Å²) in [5, 5.41) is 0. The lowest BCUT2D eigenvalue weighted by molar-refractivity contribution is -0.116. The van der Waals surface area contributed by atoms with Gasteiger partial charge in [0.2, 0.25) is 0 Å². The van der Waals surface area contributed by atoms with Crippen LogP contribution >= 0.6 is 0 Å². The minimum absolute atomic E-state index is 0.0972. The fourth-order valence-electron chi connectivity index (χ4n) is 1.98. The molecule has 2 bridgehead atoms. The molecule has 0 unspecified atom stereocenters. The van der Waals surface area contributed by atoms with E-state index in [-0.39, 0.29) is 12.4 Å². The molecule has 2 heteroatoms. The number of ketones is 1. The number of ether oxygens (including phenoxy) is 1. The standard InChI is InChI=1S/C6H10.C5H6O2/c1-4-5-2-6(4)3-5;1-4-2-7-3-5(4)6/h4-6H,2-3H2,1H3;2H,3H2,1H3. The fraction of sp³-hybridized carbons (Fsp3) is 0.727. The molecule has 4 rings (SSSR count). The van der Waals surface area contributed by atoms with E-state index in [1.807, 2.05) is 0 Å². The number of carbonyl (C=O) groups excluding carboxylic acids is 1. The van der Waals surface area contributed by atoms with E-state index in [2.05, 4.69) is 11.7 Å². The second kappa shape index (κ2) is 3.17. The van der Waals surface area contributed by atoms with Gasteiger partial charge in [0.05, 0.1) is 6.26 Å². The van der Waals surface area contributed by atoms with Crippen molar-refractivity contribution < 1.29 is 9.53 Å². The van der Waals surface area contributed by atoms with Crippen LogP contribution in [-0.4, -0.2) is 12.4 Å². The van der Waals surface area contributed by atoms with E-state index in [1.54, 1.807) is 19.8 Å². The monoisotopic (exact) mass is 180 g/mol. The maximum Gasteiger partial charge on any atom is 0.198 e. The van der Waals surface area contributed by atoms with Gasteiger partial charge in [-0.05, 0) is 37.5 Å². The molecule has 0 saturated heterocycles. The first-order valence-electron chi connectivity index (χ1n) is 5.00. The highest BCUT2D eigenvalue weighted by atomic mass is 16.5. The van der Waals surface area contributed by atoms with Gasteiger partial charge in [-0.1, -0.05) is 6.92 Å². The molecule has 0 aromatic carbocycles. The average molecular weight is 180 g/mol. The van der Waals surface area contributed by atoms with Crippen LogP contribution in [0.4, 0.5) is 0 Å². The first-order chi connectivity index (χ1) is 6.18. The molecule has 2 nitrogen and oxygen atoms in total. The molecule has 0 N–H and O–H groups in total. The molecule has 1 heterocycles. The first kappa shape index (κ1) is 8.79. The molecule has 1 aliphatic heterocycles. The summed E-state index contributed by atoms with van der Waals surface area (Å²) in [7, 11) is 0. The predicted octanol–water partition coefficient (Wildman–Crippen LogP) is 2.15. The summed E-state index contributed by atoms with van der Waals surface area (Å²) in [5.74, 6) is 3.58. The minimum Gasteiger partial charge on any atom is -0.493 e. The van der Waals surface area contributed by atoms with E-state index in [1.165, 1.54) is 18.1 Å². The molecule has 0 atom stereocenters. The molecular formula is C11H16O2. The SMILES string of the molecule is CC1=COCC1=O.CC1C2CC1C2. The Bertz CT molecular complexity index is 241. The third-order valence-electron chi connectivity index (χ3n) is 3.61. The summed E-state index contributed by atoms with van der Waals surface area (Å²) in [5.41, 5.74) is 0.722. The summed E-state index contributed by atoms with van der Waals surface area (Å²) in [6.07, 6.45) is 4.63. The highest BCUT2D eigenvalue weighted by Crippen LogP contribution is 2.57. The zero-order chi connectivity index (χ0) is 9.42. The zero-order valence-corrected chi connectivity index (χ0v) is 8.25. The highest BCUT2D eigenvalue weighted by Gasteiger charge is 2.48. The summed E-state index contributed by atoms with van der Waals surface area (Å²) in [6.45, 7) is 4.36. The van der Waals surface area contributed by atoms with Crippen LogP contribution in [-0.2, 0) is 9.53 Å². The molecule has 0 radical (unpaired) electrons. The molecule has 13 heavy (non-hydrogen) atoms. The Morgan fingerprint density at radius 3 is 2.00 bits per heavy atom. The average Bonchev–Trinajstić information content (AvgIpc) is 2.33. The van der Waals surface area contributed by atoms with Crippen molar-refractivity contribution in [2.45, 2.75) is 26.7 Å². The third-order valence-corrected chi connectivity index (χ3v) is 3.61.